The zero-order valence-electron chi connectivity index (χ0n) is 16.6. The van der Waals surface area contributed by atoms with Crippen LogP contribution < -0.4 is 4.74 Å². The molecule has 6 nitrogen and oxygen atoms in total. The van der Waals surface area contributed by atoms with E-state index in [2.05, 4.69) is 22.0 Å². The summed E-state index contributed by atoms with van der Waals surface area (Å²) >= 11 is 0. The molecule has 3 rings (SSSR count). The zero-order valence-corrected chi connectivity index (χ0v) is 17.4. The van der Waals surface area contributed by atoms with Crippen molar-refractivity contribution < 1.29 is 13.2 Å². The molecule has 0 aliphatic carbocycles. The smallest absolute Gasteiger partial charge is 0.211 e. The molecule has 0 atom stereocenters. The van der Waals surface area contributed by atoms with Crippen LogP contribution in [0.3, 0.4) is 0 Å². The average Bonchev–Trinajstić information content (AvgIpc) is 2.71. The molecule has 1 fully saturated rings. The van der Waals surface area contributed by atoms with Crippen molar-refractivity contribution in [2.75, 3.05) is 33.0 Å². The van der Waals surface area contributed by atoms with E-state index in [-0.39, 0.29) is 6.04 Å². The van der Waals surface area contributed by atoms with Gasteiger partial charge < -0.3 is 9.64 Å². The first-order valence-electron chi connectivity index (χ1n) is 9.67. The number of rotatable bonds is 8. The molecule has 7 heteroatoms. The molecule has 0 radical (unpaired) electrons. The number of hydrogen-bond acceptors (Lipinski definition) is 5. The summed E-state index contributed by atoms with van der Waals surface area (Å²) in [6, 6.07) is 12.0. The minimum Gasteiger partial charge on any atom is -0.497 e. The van der Waals surface area contributed by atoms with Crippen LogP contribution in [0, 0.1) is 0 Å². The van der Waals surface area contributed by atoms with Crippen LogP contribution in [0.4, 0.5) is 0 Å². The minimum atomic E-state index is -3.27. The summed E-state index contributed by atoms with van der Waals surface area (Å²) in [5.74, 6) is 0.874. The Bertz CT molecular complexity index is 833. The highest BCUT2D eigenvalue weighted by molar-refractivity contribution is 7.88. The van der Waals surface area contributed by atoms with Crippen LogP contribution in [0.15, 0.2) is 48.8 Å². The number of nitrogens with zero attached hydrogens (tertiary/aromatic N) is 3. The minimum absolute atomic E-state index is 0.0486. The number of pyridine rings is 1. The first kappa shape index (κ1) is 20.8. The molecule has 2 aromatic rings. The van der Waals surface area contributed by atoms with Gasteiger partial charge in [-0.25, -0.2) is 8.42 Å². The van der Waals surface area contributed by atoms with Crippen LogP contribution >= 0.6 is 0 Å². The predicted molar refractivity (Wildman–Crippen MR) is 111 cm³/mol. The summed E-state index contributed by atoms with van der Waals surface area (Å²) in [6.45, 7) is 3.21. The Balaban J connectivity index is 1.53. The fraction of sp³-hybridized carbons (Fsp3) is 0.476. The Kier molecular flexibility index (Phi) is 7.04. The Labute approximate surface area is 168 Å². The monoisotopic (exact) mass is 403 g/mol. The zero-order chi connectivity index (χ0) is 20.0. The third-order valence-corrected chi connectivity index (χ3v) is 6.61. The van der Waals surface area contributed by atoms with E-state index < -0.39 is 10.0 Å². The molecule has 2 heterocycles. The highest BCUT2D eigenvalue weighted by Crippen LogP contribution is 2.22. The van der Waals surface area contributed by atoms with Crippen LogP contribution in [0.2, 0.25) is 0 Å². The highest BCUT2D eigenvalue weighted by atomic mass is 32.2. The molecule has 0 spiro atoms. The van der Waals surface area contributed by atoms with Crippen LogP contribution in [0.5, 0.6) is 5.75 Å². The van der Waals surface area contributed by atoms with E-state index >= 15 is 0 Å². The summed E-state index contributed by atoms with van der Waals surface area (Å²) in [5, 5.41) is 0. The Morgan fingerprint density at radius 3 is 2.43 bits per heavy atom. The second-order valence-corrected chi connectivity index (χ2v) is 9.28. The third kappa shape index (κ3) is 5.77. The lowest BCUT2D eigenvalue weighted by Crippen LogP contribution is -2.47. The number of hydrogen-bond donors (Lipinski definition) is 0. The maximum Gasteiger partial charge on any atom is 0.211 e. The molecule has 0 N–H and O–H groups in total. The molecule has 152 valence electrons. The lowest BCUT2D eigenvalue weighted by atomic mass is 10.0. The van der Waals surface area contributed by atoms with Gasteiger partial charge in [0.25, 0.3) is 0 Å². The highest BCUT2D eigenvalue weighted by Gasteiger charge is 2.30. The molecule has 28 heavy (non-hydrogen) atoms. The van der Waals surface area contributed by atoms with E-state index in [9.17, 15) is 8.42 Å². The maximum atomic E-state index is 12.4. The lowest BCUT2D eigenvalue weighted by molar-refractivity contribution is 0.157. The standard InChI is InChI=1S/C21H29N3O3S/c1-27-21-7-5-18(6-8-21)9-13-23-14-10-20(11-15-23)24(28(2,25)26)17-19-4-3-12-22-16-19/h3-8,12,16,20H,9-11,13-15,17H2,1-2H3. The van der Waals surface area contributed by atoms with Crippen molar-refractivity contribution in [2.24, 2.45) is 0 Å². The maximum absolute atomic E-state index is 12.4. The van der Waals surface area contributed by atoms with Crippen LogP contribution in [-0.2, 0) is 23.0 Å². The van der Waals surface area contributed by atoms with Gasteiger partial charge in [-0.3, -0.25) is 4.98 Å². The van der Waals surface area contributed by atoms with Gasteiger partial charge >= 0.3 is 0 Å². The van der Waals surface area contributed by atoms with E-state index in [4.69, 9.17) is 4.74 Å². The van der Waals surface area contributed by atoms with Gasteiger partial charge in [0.2, 0.25) is 10.0 Å². The topological polar surface area (TPSA) is 62.7 Å². The van der Waals surface area contributed by atoms with Gasteiger partial charge in [-0.15, -0.1) is 0 Å². The summed E-state index contributed by atoms with van der Waals surface area (Å²) in [5.41, 5.74) is 2.21. The summed E-state index contributed by atoms with van der Waals surface area (Å²) in [6.07, 6.45) is 7.45. The Hall–Kier alpha value is -1.96. The Morgan fingerprint density at radius 1 is 1.14 bits per heavy atom. The SMILES string of the molecule is COc1ccc(CCN2CCC(N(Cc3cccnc3)S(C)(=O)=O)CC2)cc1. The van der Waals surface area contributed by atoms with Crippen molar-refractivity contribution in [1.82, 2.24) is 14.2 Å². The number of benzene rings is 1. The first-order chi connectivity index (χ1) is 13.5. The third-order valence-electron chi connectivity index (χ3n) is 5.33. The van der Waals surface area contributed by atoms with E-state index in [0.717, 1.165) is 50.2 Å². The first-order valence-corrected chi connectivity index (χ1v) is 11.5. The van der Waals surface area contributed by atoms with Crippen molar-refractivity contribution in [2.45, 2.75) is 31.8 Å². The predicted octanol–water partition coefficient (Wildman–Crippen LogP) is 2.56. The van der Waals surface area contributed by atoms with E-state index in [1.807, 2.05) is 24.3 Å². The number of ether oxygens (including phenoxy) is 1. The summed E-state index contributed by atoms with van der Waals surface area (Å²) < 4.78 is 31.6. The lowest BCUT2D eigenvalue weighted by Gasteiger charge is -2.37. The molecule has 1 saturated heterocycles. The largest absolute Gasteiger partial charge is 0.497 e. The van der Waals surface area contributed by atoms with Gasteiger partial charge in [0, 0.05) is 31.5 Å². The number of methoxy groups -OCH3 is 1. The molecule has 0 saturated carbocycles. The molecule has 1 aromatic carbocycles. The van der Waals surface area contributed by atoms with Gasteiger partial charge in [-0.1, -0.05) is 18.2 Å². The quantitative estimate of drug-likeness (QED) is 0.678. The van der Waals surface area contributed by atoms with Crippen molar-refractivity contribution in [3.63, 3.8) is 0 Å². The Morgan fingerprint density at radius 2 is 1.86 bits per heavy atom. The van der Waals surface area contributed by atoms with E-state index in [1.54, 1.807) is 23.8 Å². The van der Waals surface area contributed by atoms with Crippen molar-refractivity contribution >= 4 is 10.0 Å². The second kappa shape index (κ2) is 9.49. The van der Waals surface area contributed by atoms with Crippen molar-refractivity contribution in [3.8, 4) is 5.75 Å². The fourth-order valence-electron chi connectivity index (χ4n) is 3.70. The molecule has 0 unspecified atom stereocenters. The summed E-state index contributed by atoms with van der Waals surface area (Å²) in [4.78, 5) is 6.53. The van der Waals surface area contributed by atoms with Crippen LogP contribution in [0.1, 0.15) is 24.0 Å². The van der Waals surface area contributed by atoms with Crippen molar-refractivity contribution in [1.29, 1.82) is 0 Å². The number of likely N-dealkylation sites (tertiary alicyclic amines) is 1. The second-order valence-electron chi connectivity index (χ2n) is 7.34. The normalized spacial score (nSPS) is 16.4. The van der Waals surface area contributed by atoms with Crippen LogP contribution in [-0.4, -0.2) is 61.6 Å². The van der Waals surface area contributed by atoms with Gasteiger partial charge in [0.15, 0.2) is 0 Å². The molecule has 1 aromatic heterocycles. The number of piperidine rings is 1. The molecule has 0 amide bonds. The molecular formula is C21H29N3O3S. The average molecular weight is 404 g/mol. The van der Waals surface area contributed by atoms with Gasteiger partial charge in [-0.2, -0.15) is 4.31 Å². The van der Waals surface area contributed by atoms with Gasteiger partial charge in [0.1, 0.15) is 5.75 Å². The number of aromatic nitrogens is 1. The molecule has 1 aliphatic rings. The van der Waals surface area contributed by atoms with Gasteiger partial charge in [0.05, 0.1) is 13.4 Å². The molecular weight excluding hydrogens is 374 g/mol. The molecule has 0 bridgehead atoms. The van der Waals surface area contributed by atoms with Gasteiger partial charge in [-0.05, 0) is 61.7 Å². The fourth-order valence-corrected chi connectivity index (χ4v) is 4.84. The van der Waals surface area contributed by atoms with E-state index in [0.29, 0.717) is 6.54 Å². The van der Waals surface area contributed by atoms with E-state index in [1.165, 1.54) is 11.8 Å². The van der Waals surface area contributed by atoms with Crippen molar-refractivity contribution in [3.05, 3.63) is 59.9 Å². The number of sulfonamides is 1. The molecule has 1 aliphatic heterocycles. The van der Waals surface area contributed by atoms with Crippen LogP contribution in [0.25, 0.3) is 0 Å². The summed E-state index contributed by atoms with van der Waals surface area (Å²) in [7, 11) is -1.59.